The molecule has 3 rings (SSSR count). The van der Waals surface area contributed by atoms with Crippen molar-refractivity contribution >= 4 is 34.4 Å². The van der Waals surface area contributed by atoms with Gasteiger partial charge < -0.3 is 15.2 Å². The number of amides is 1. The van der Waals surface area contributed by atoms with Crippen LogP contribution in [0.25, 0.3) is 10.9 Å². The van der Waals surface area contributed by atoms with Crippen LogP contribution in [-0.4, -0.2) is 28.0 Å². The van der Waals surface area contributed by atoms with E-state index < -0.39 is 35.1 Å². The number of carboxylic acids is 1. The van der Waals surface area contributed by atoms with Gasteiger partial charge in [-0.05, 0) is 47.7 Å². The molecule has 6 nitrogen and oxygen atoms in total. The number of carboxylic acid groups (broad SMARTS) is 1. The number of nitrogens with one attached hydrogen (secondary N) is 1. The van der Waals surface area contributed by atoms with E-state index in [0.29, 0.717) is 17.4 Å². The lowest BCUT2D eigenvalue weighted by atomic mass is 9.81. The summed E-state index contributed by atoms with van der Waals surface area (Å²) in [5.41, 5.74) is -0.811. The fraction of sp³-hybridized carbons (Fsp3) is 0.320. The second kappa shape index (κ2) is 10.1. The van der Waals surface area contributed by atoms with Crippen LogP contribution in [-0.2, 0) is 17.6 Å². The van der Waals surface area contributed by atoms with Crippen LogP contribution in [0.15, 0.2) is 48.5 Å². The third-order valence-corrected chi connectivity index (χ3v) is 6.12. The monoisotopic (exact) mass is 508 g/mol. The van der Waals surface area contributed by atoms with Gasteiger partial charge in [-0.15, -0.1) is 0 Å². The Kier molecular flexibility index (Phi) is 7.59. The van der Waals surface area contributed by atoms with Gasteiger partial charge >= 0.3 is 12.1 Å². The fourth-order valence-corrected chi connectivity index (χ4v) is 3.56. The number of ether oxygens (including phenoxy) is 1. The van der Waals surface area contributed by atoms with E-state index in [4.69, 9.17) is 16.3 Å². The van der Waals surface area contributed by atoms with Crippen molar-refractivity contribution in [3.8, 4) is 5.75 Å². The molecule has 0 saturated heterocycles. The third-order valence-electron chi connectivity index (χ3n) is 5.91. The molecule has 10 heteroatoms. The van der Waals surface area contributed by atoms with Crippen LogP contribution in [0, 0.1) is 5.41 Å². The van der Waals surface area contributed by atoms with Crippen molar-refractivity contribution < 1.29 is 32.6 Å². The van der Waals surface area contributed by atoms with Crippen molar-refractivity contribution in [2.24, 2.45) is 5.41 Å². The Morgan fingerprint density at radius 1 is 1.09 bits per heavy atom. The number of hydrogen-bond donors (Lipinski definition) is 2. The van der Waals surface area contributed by atoms with Crippen LogP contribution in [0.2, 0.25) is 5.15 Å². The van der Waals surface area contributed by atoms with Crippen LogP contribution >= 0.6 is 11.6 Å². The van der Waals surface area contributed by atoms with Crippen molar-refractivity contribution in [3.63, 3.8) is 0 Å². The second-order valence-corrected chi connectivity index (χ2v) is 9.11. The summed E-state index contributed by atoms with van der Waals surface area (Å²) in [6.45, 7) is 5.13. The Labute approximate surface area is 205 Å². The molecule has 0 aliphatic heterocycles. The van der Waals surface area contributed by atoms with Gasteiger partial charge in [-0.2, -0.15) is 13.2 Å². The van der Waals surface area contributed by atoms with Crippen LogP contribution in [0.5, 0.6) is 5.75 Å². The SMILES string of the molecule is CCC(C)(C)[C@H](NC(=O)c1ccc2ccc(Cl)nc2c1OCc1ccc(C(F)(F)F)cc1)C(=O)O. The summed E-state index contributed by atoms with van der Waals surface area (Å²) in [4.78, 5) is 29.3. The largest absolute Gasteiger partial charge is 0.486 e. The Hall–Kier alpha value is -3.33. The molecule has 1 heterocycles. The molecule has 0 radical (unpaired) electrons. The van der Waals surface area contributed by atoms with Crippen LogP contribution in [0.1, 0.15) is 48.7 Å². The minimum absolute atomic E-state index is 0.0253. The quantitative estimate of drug-likeness (QED) is 0.359. The average Bonchev–Trinajstić information content (AvgIpc) is 2.80. The van der Waals surface area contributed by atoms with E-state index in [9.17, 15) is 27.9 Å². The number of aliphatic carboxylic acids is 1. The topological polar surface area (TPSA) is 88.5 Å². The minimum atomic E-state index is -4.46. The summed E-state index contributed by atoms with van der Waals surface area (Å²) in [7, 11) is 0. The predicted molar refractivity (Wildman–Crippen MR) is 125 cm³/mol. The van der Waals surface area contributed by atoms with E-state index in [2.05, 4.69) is 10.3 Å². The molecule has 0 unspecified atom stereocenters. The molecular weight excluding hydrogens is 485 g/mol. The molecule has 0 aliphatic rings. The Balaban J connectivity index is 1.98. The van der Waals surface area contributed by atoms with E-state index in [1.165, 1.54) is 18.2 Å². The highest BCUT2D eigenvalue weighted by Gasteiger charge is 2.36. The number of alkyl halides is 3. The van der Waals surface area contributed by atoms with E-state index in [1.807, 2.05) is 6.92 Å². The van der Waals surface area contributed by atoms with E-state index in [0.717, 1.165) is 12.1 Å². The van der Waals surface area contributed by atoms with E-state index in [1.54, 1.807) is 32.0 Å². The lowest BCUT2D eigenvalue weighted by Gasteiger charge is -2.31. The molecular formula is C25H24ClF3N2O4. The highest BCUT2D eigenvalue weighted by molar-refractivity contribution is 6.29. The van der Waals surface area contributed by atoms with Crippen molar-refractivity contribution in [1.29, 1.82) is 0 Å². The number of rotatable bonds is 8. The summed E-state index contributed by atoms with van der Waals surface area (Å²) in [5.74, 6) is -1.83. The maximum Gasteiger partial charge on any atom is 0.416 e. The first-order valence-electron chi connectivity index (χ1n) is 10.8. The van der Waals surface area contributed by atoms with Crippen molar-refractivity contribution in [3.05, 3.63) is 70.4 Å². The molecule has 1 amide bonds. The molecule has 0 fully saturated rings. The lowest BCUT2D eigenvalue weighted by Crippen LogP contribution is -2.50. The van der Waals surface area contributed by atoms with Gasteiger partial charge in [0.25, 0.3) is 5.91 Å². The summed E-state index contributed by atoms with van der Waals surface area (Å²) in [6.07, 6.45) is -3.97. The molecule has 186 valence electrons. The first kappa shape index (κ1) is 26.3. The summed E-state index contributed by atoms with van der Waals surface area (Å²) in [6, 6.07) is 9.60. The molecule has 0 aliphatic carbocycles. The van der Waals surface area contributed by atoms with Crippen LogP contribution in [0.3, 0.4) is 0 Å². The van der Waals surface area contributed by atoms with Crippen molar-refractivity contribution in [2.45, 2.75) is 46.0 Å². The number of aromatic nitrogens is 1. The number of hydrogen-bond acceptors (Lipinski definition) is 4. The number of nitrogens with zero attached hydrogens (tertiary/aromatic N) is 1. The van der Waals surface area contributed by atoms with Crippen LogP contribution in [0.4, 0.5) is 13.2 Å². The molecule has 0 bridgehead atoms. The highest BCUT2D eigenvalue weighted by atomic mass is 35.5. The zero-order valence-corrected chi connectivity index (χ0v) is 20.0. The normalized spacial score (nSPS) is 12.9. The molecule has 1 aromatic heterocycles. The van der Waals surface area contributed by atoms with Gasteiger partial charge in [0.2, 0.25) is 0 Å². The number of benzene rings is 2. The maximum absolute atomic E-state index is 13.2. The van der Waals surface area contributed by atoms with Gasteiger partial charge in [-0.25, -0.2) is 9.78 Å². The van der Waals surface area contributed by atoms with E-state index in [-0.39, 0.29) is 28.6 Å². The highest BCUT2D eigenvalue weighted by Crippen LogP contribution is 2.33. The first-order valence-corrected chi connectivity index (χ1v) is 11.1. The number of halogens is 4. The lowest BCUT2D eigenvalue weighted by molar-refractivity contribution is -0.142. The van der Waals surface area contributed by atoms with Crippen molar-refractivity contribution in [1.82, 2.24) is 10.3 Å². The standard InChI is InChI=1S/C25H24ClF3N2O4/c1-4-24(2,3)21(23(33)34)31-22(32)17-11-7-15-8-12-18(26)30-19(15)20(17)35-13-14-5-9-16(10-6-14)25(27,28)29/h5-12,21H,4,13H2,1-3H3,(H,31,32)(H,33,34)/t21-/m1/s1. The molecule has 0 spiro atoms. The molecule has 1 atom stereocenters. The smallest absolute Gasteiger partial charge is 0.416 e. The van der Waals surface area contributed by atoms with E-state index >= 15 is 0 Å². The molecule has 2 N–H and O–H groups in total. The Bertz CT molecular complexity index is 1240. The molecule has 0 saturated carbocycles. The maximum atomic E-state index is 13.2. The first-order chi connectivity index (χ1) is 16.3. The molecule has 35 heavy (non-hydrogen) atoms. The number of fused-ring (bicyclic) bond motifs is 1. The number of pyridine rings is 1. The van der Waals surface area contributed by atoms with Gasteiger partial charge in [0.1, 0.15) is 23.3 Å². The average molecular weight is 509 g/mol. The summed E-state index contributed by atoms with van der Waals surface area (Å²) >= 11 is 6.05. The predicted octanol–water partition coefficient (Wildman–Crippen LogP) is 6.11. The van der Waals surface area contributed by atoms with Crippen molar-refractivity contribution in [2.75, 3.05) is 0 Å². The molecule has 3 aromatic rings. The zero-order valence-electron chi connectivity index (χ0n) is 19.2. The second-order valence-electron chi connectivity index (χ2n) is 8.72. The Morgan fingerprint density at radius 2 is 1.71 bits per heavy atom. The van der Waals surface area contributed by atoms with Gasteiger partial charge in [-0.1, -0.05) is 50.6 Å². The van der Waals surface area contributed by atoms with Gasteiger partial charge in [0, 0.05) is 5.39 Å². The fourth-order valence-electron chi connectivity index (χ4n) is 3.41. The zero-order chi connectivity index (χ0) is 26.0. The minimum Gasteiger partial charge on any atom is -0.486 e. The Morgan fingerprint density at radius 3 is 2.29 bits per heavy atom. The number of carbonyl (C=O) groups excluding carboxylic acids is 1. The van der Waals surface area contributed by atoms with Crippen LogP contribution < -0.4 is 10.1 Å². The van der Waals surface area contributed by atoms with Gasteiger partial charge in [-0.3, -0.25) is 4.79 Å². The van der Waals surface area contributed by atoms with Gasteiger partial charge in [0.15, 0.2) is 5.75 Å². The summed E-state index contributed by atoms with van der Waals surface area (Å²) in [5, 5.41) is 13.0. The third kappa shape index (κ3) is 6.03. The van der Waals surface area contributed by atoms with Gasteiger partial charge in [0.05, 0.1) is 11.1 Å². The number of carbonyl (C=O) groups is 2. The summed E-state index contributed by atoms with van der Waals surface area (Å²) < 4.78 is 44.5. The molecule has 2 aromatic carbocycles.